The molecule has 0 bridgehead atoms. The van der Waals surface area contributed by atoms with Crippen molar-refractivity contribution in [2.75, 3.05) is 0 Å². The van der Waals surface area contributed by atoms with Crippen molar-refractivity contribution in [3.63, 3.8) is 0 Å². The van der Waals surface area contributed by atoms with Crippen LogP contribution >= 0.6 is 0 Å². The van der Waals surface area contributed by atoms with Crippen molar-refractivity contribution in [1.29, 1.82) is 5.26 Å². The van der Waals surface area contributed by atoms with E-state index in [0.29, 0.717) is 17.0 Å². The maximum Gasteiger partial charge on any atom is 0.368 e. The topological polar surface area (TPSA) is 85.7 Å². The van der Waals surface area contributed by atoms with E-state index in [1.165, 1.54) is 9.36 Å². The van der Waals surface area contributed by atoms with E-state index in [0.717, 1.165) is 23.1 Å². The van der Waals surface area contributed by atoms with Gasteiger partial charge in [-0.3, -0.25) is 0 Å². The Morgan fingerprint density at radius 1 is 1.23 bits per heavy atom. The van der Waals surface area contributed by atoms with Gasteiger partial charge in [-0.25, -0.2) is 4.79 Å². The number of hydrogen-bond acceptors (Lipinski definition) is 5. The Morgan fingerprint density at radius 2 is 2.04 bits per heavy atom. The highest BCUT2D eigenvalue weighted by atomic mass is 16.5. The molecule has 1 aromatic heterocycles. The summed E-state index contributed by atoms with van der Waals surface area (Å²) in [5.41, 5.74) is 3.75. The minimum absolute atomic E-state index is 0.262. The molecule has 7 nitrogen and oxygen atoms in total. The first kappa shape index (κ1) is 17.4. The summed E-state index contributed by atoms with van der Waals surface area (Å²) in [5, 5.41) is 16.8. The molecule has 0 fully saturated rings. The van der Waals surface area contributed by atoms with Crippen molar-refractivity contribution in [3.05, 3.63) is 69.1 Å². The molecular weight excluding hydrogens is 330 g/mol. The van der Waals surface area contributed by atoms with E-state index < -0.39 is 0 Å². The van der Waals surface area contributed by atoms with E-state index >= 15 is 0 Å². The lowest BCUT2D eigenvalue weighted by Gasteiger charge is -2.15. The van der Waals surface area contributed by atoms with Crippen LogP contribution in [0.15, 0.2) is 41.2 Å². The van der Waals surface area contributed by atoms with Gasteiger partial charge in [-0.05, 0) is 53.1 Å². The summed E-state index contributed by atoms with van der Waals surface area (Å²) in [7, 11) is 1.56. The van der Waals surface area contributed by atoms with E-state index in [9.17, 15) is 4.79 Å². The Kier molecular flexibility index (Phi) is 4.85. The maximum atomic E-state index is 12.3. The van der Waals surface area contributed by atoms with Crippen molar-refractivity contribution >= 4 is 0 Å². The lowest BCUT2D eigenvalue weighted by molar-refractivity contribution is 0.302. The predicted molar refractivity (Wildman–Crippen MR) is 96.2 cm³/mol. The number of benzene rings is 2. The molecule has 0 aliphatic heterocycles. The van der Waals surface area contributed by atoms with Gasteiger partial charge in [0.25, 0.3) is 0 Å². The van der Waals surface area contributed by atoms with Crippen LogP contribution in [0.5, 0.6) is 5.75 Å². The fourth-order valence-corrected chi connectivity index (χ4v) is 2.76. The summed E-state index contributed by atoms with van der Waals surface area (Å²) < 4.78 is 8.45. The molecule has 0 atom stereocenters. The molecule has 1 heterocycles. The van der Waals surface area contributed by atoms with Crippen molar-refractivity contribution in [1.82, 2.24) is 19.8 Å². The first-order chi connectivity index (χ1) is 12.5. The van der Waals surface area contributed by atoms with Crippen LogP contribution in [-0.4, -0.2) is 19.8 Å². The van der Waals surface area contributed by atoms with E-state index in [1.807, 2.05) is 38.1 Å². The standard InChI is InChI=1S/C19H19N5O2/c1-4-15-6-5-7-17(24-19(25)23(3)21-22-24)16(15)12-26-18-10-14(11-20)9-8-13(18)2/h5-10H,4,12H2,1-3H3. The second kappa shape index (κ2) is 7.23. The second-order valence-electron chi connectivity index (χ2n) is 5.95. The van der Waals surface area contributed by atoms with Crippen molar-refractivity contribution in [2.45, 2.75) is 26.9 Å². The van der Waals surface area contributed by atoms with Crippen LogP contribution in [0.4, 0.5) is 0 Å². The molecule has 0 saturated heterocycles. The van der Waals surface area contributed by atoms with Gasteiger partial charge in [0.05, 0.1) is 17.3 Å². The van der Waals surface area contributed by atoms with Crippen LogP contribution in [0, 0.1) is 18.3 Å². The van der Waals surface area contributed by atoms with Gasteiger partial charge in [0.15, 0.2) is 0 Å². The molecule has 0 aliphatic rings. The van der Waals surface area contributed by atoms with Crippen LogP contribution in [0.25, 0.3) is 5.69 Å². The lowest BCUT2D eigenvalue weighted by atomic mass is 10.0. The Balaban J connectivity index is 2.01. The molecule has 3 aromatic rings. The number of hydrogen-bond donors (Lipinski definition) is 0. The zero-order valence-corrected chi connectivity index (χ0v) is 14.9. The summed E-state index contributed by atoms with van der Waals surface area (Å²) in [6.07, 6.45) is 0.790. The smallest absolute Gasteiger partial charge is 0.368 e. The van der Waals surface area contributed by atoms with E-state index in [2.05, 4.69) is 16.5 Å². The Bertz CT molecular complexity index is 1040. The second-order valence-corrected chi connectivity index (χ2v) is 5.95. The molecular formula is C19H19N5O2. The zero-order chi connectivity index (χ0) is 18.7. The fraction of sp³-hybridized carbons (Fsp3) is 0.263. The van der Waals surface area contributed by atoms with E-state index in [-0.39, 0.29) is 12.3 Å². The highest BCUT2D eigenvalue weighted by Crippen LogP contribution is 2.24. The summed E-state index contributed by atoms with van der Waals surface area (Å²) in [6.45, 7) is 4.23. The van der Waals surface area contributed by atoms with Crippen molar-refractivity contribution in [2.24, 2.45) is 7.05 Å². The van der Waals surface area contributed by atoms with Crippen LogP contribution < -0.4 is 10.4 Å². The molecule has 26 heavy (non-hydrogen) atoms. The van der Waals surface area contributed by atoms with Gasteiger partial charge < -0.3 is 4.74 Å². The third kappa shape index (κ3) is 3.22. The first-order valence-electron chi connectivity index (χ1n) is 8.28. The van der Waals surface area contributed by atoms with Gasteiger partial charge in [0.2, 0.25) is 0 Å². The van der Waals surface area contributed by atoms with Gasteiger partial charge in [0, 0.05) is 12.6 Å². The highest BCUT2D eigenvalue weighted by Gasteiger charge is 2.15. The first-order valence-corrected chi connectivity index (χ1v) is 8.28. The highest BCUT2D eigenvalue weighted by molar-refractivity contribution is 5.46. The number of rotatable bonds is 5. The van der Waals surface area contributed by atoms with Crippen LogP contribution in [0.3, 0.4) is 0 Å². The van der Waals surface area contributed by atoms with Crippen LogP contribution in [0.2, 0.25) is 0 Å². The third-order valence-electron chi connectivity index (χ3n) is 4.27. The molecule has 0 saturated carbocycles. The molecule has 0 spiro atoms. The van der Waals surface area contributed by atoms with Crippen LogP contribution in [0.1, 0.15) is 29.2 Å². The average Bonchev–Trinajstić information content (AvgIpc) is 2.99. The fourth-order valence-electron chi connectivity index (χ4n) is 2.76. The molecule has 0 radical (unpaired) electrons. The monoisotopic (exact) mass is 349 g/mol. The van der Waals surface area contributed by atoms with E-state index in [1.54, 1.807) is 19.2 Å². The third-order valence-corrected chi connectivity index (χ3v) is 4.27. The number of aryl methyl sites for hydroxylation is 3. The molecule has 7 heteroatoms. The molecule has 0 aliphatic carbocycles. The number of nitriles is 1. The minimum atomic E-state index is -0.317. The SMILES string of the molecule is CCc1cccc(-n2nnn(C)c2=O)c1COc1cc(C#N)ccc1C. The maximum absolute atomic E-state index is 12.3. The Hall–Kier alpha value is -3.40. The summed E-state index contributed by atoms with van der Waals surface area (Å²) >= 11 is 0. The largest absolute Gasteiger partial charge is 0.488 e. The van der Waals surface area contributed by atoms with Gasteiger partial charge in [0.1, 0.15) is 12.4 Å². The molecule has 132 valence electrons. The molecule has 0 N–H and O–H groups in total. The predicted octanol–water partition coefficient (Wildman–Crippen LogP) is 2.29. The van der Waals surface area contributed by atoms with Crippen molar-refractivity contribution in [3.8, 4) is 17.5 Å². The zero-order valence-electron chi connectivity index (χ0n) is 14.9. The van der Waals surface area contributed by atoms with Crippen LogP contribution in [-0.2, 0) is 20.1 Å². The summed E-state index contributed by atoms with van der Waals surface area (Å²) in [5.74, 6) is 0.646. The normalized spacial score (nSPS) is 10.5. The van der Waals surface area contributed by atoms with Crippen molar-refractivity contribution < 1.29 is 4.74 Å². The molecule has 3 rings (SSSR count). The Morgan fingerprint density at radius 3 is 2.69 bits per heavy atom. The summed E-state index contributed by atoms with van der Waals surface area (Å²) in [6, 6.07) is 13.2. The lowest BCUT2D eigenvalue weighted by Crippen LogP contribution is -2.23. The summed E-state index contributed by atoms with van der Waals surface area (Å²) in [4.78, 5) is 12.3. The molecule has 2 aromatic carbocycles. The Labute approximate surface area is 151 Å². The number of tetrazole rings is 1. The van der Waals surface area contributed by atoms with Gasteiger partial charge in [-0.2, -0.15) is 14.6 Å². The van der Waals surface area contributed by atoms with Gasteiger partial charge in [-0.1, -0.05) is 25.1 Å². The quantitative estimate of drug-likeness (QED) is 0.705. The minimum Gasteiger partial charge on any atom is -0.488 e. The van der Waals surface area contributed by atoms with E-state index in [4.69, 9.17) is 10.00 Å². The van der Waals surface area contributed by atoms with Gasteiger partial charge >= 0.3 is 5.69 Å². The molecule has 0 unspecified atom stereocenters. The number of ether oxygens (including phenoxy) is 1. The molecule has 0 amide bonds. The number of aromatic nitrogens is 4. The number of nitrogens with zero attached hydrogens (tertiary/aromatic N) is 5. The van der Waals surface area contributed by atoms with Gasteiger partial charge in [-0.15, -0.1) is 0 Å². The average molecular weight is 349 g/mol.